The number of aryl methyl sites for hydroxylation is 1. The molecular formula is C28H23F2N3O. The van der Waals surface area contributed by atoms with Crippen LogP contribution >= 0.6 is 0 Å². The standard InChI is InChI=1S/C28H23F2N3O/c1-3-19-5-4-6-23(27(19)30)28-31-25-13-14-33(17-26(25)32-28)16-18-7-12-22(24(29)15-18)20-8-10-21(34-2)11-9-20/h4-15,17H,3,16H2,1-2H3. The van der Waals surface area contributed by atoms with Gasteiger partial charge in [-0.1, -0.05) is 43.3 Å². The van der Waals surface area contributed by atoms with Crippen LogP contribution in [0.1, 0.15) is 18.1 Å². The van der Waals surface area contributed by atoms with E-state index < -0.39 is 0 Å². The molecule has 170 valence electrons. The molecule has 5 rings (SSSR count). The second-order valence-corrected chi connectivity index (χ2v) is 8.11. The molecule has 0 spiro atoms. The van der Waals surface area contributed by atoms with Gasteiger partial charge >= 0.3 is 0 Å². The number of ether oxygens (including phenoxy) is 1. The van der Waals surface area contributed by atoms with Crippen molar-refractivity contribution in [3.63, 3.8) is 0 Å². The zero-order valence-corrected chi connectivity index (χ0v) is 18.9. The topological polar surface area (TPSA) is 39.9 Å². The summed E-state index contributed by atoms with van der Waals surface area (Å²) in [5.74, 6) is 0.536. The zero-order valence-electron chi connectivity index (χ0n) is 18.9. The SMILES string of the molecule is CCc1cccc(-c2nc3ccn(Cc4ccc(-c5ccc(OC)cc5)c(F)c4)cc-3n2)c1F. The summed E-state index contributed by atoms with van der Waals surface area (Å²) in [5, 5.41) is 0. The Hall–Kier alpha value is -4.06. The van der Waals surface area contributed by atoms with Gasteiger partial charge in [0.1, 0.15) is 23.1 Å². The van der Waals surface area contributed by atoms with Gasteiger partial charge in [-0.25, -0.2) is 18.7 Å². The number of hydrogen-bond acceptors (Lipinski definition) is 3. The smallest absolute Gasteiger partial charge is 0.163 e. The molecule has 0 bridgehead atoms. The highest BCUT2D eigenvalue weighted by Crippen LogP contribution is 2.29. The number of aromatic nitrogens is 3. The monoisotopic (exact) mass is 455 g/mol. The fourth-order valence-corrected chi connectivity index (χ4v) is 4.07. The highest BCUT2D eigenvalue weighted by Gasteiger charge is 2.17. The Kier molecular flexibility index (Phi) is 5.80. The Morgan fingerprint density at radius 3 is 2.41 bits per heavy atom. The minimum absolute atomic E-state index is 0.277. The van der Waals surface area contributed by atoms with Crippen LogP contribution in [0, 0.1) is 11.6 Å². The van der Waals surface area contributed by atoms with Gasteiger partial charge in [-0.3, -0.25) is 0 Å². The molecular weight excluding hydrogens is 432 g/mol. The number of rotatable bonds is 6. The van der Waals surface area contributed by atoms with Crippen LogP contribution in [0.25, 0.3) is 33.9 Å². The molecule has 0 fully saturated rings. The van der Waals surface area contributed by atoms with Gasteiger partial charge in [0.15, 0.2) is 5.82 Å². The van der Waals surface area contributed by atoms with Crippen molar-refractivity contribution in [1.29, 1.82) is 0 Å². The first-order valence-electron chi connectivity index (χ1n) is 11.1. The lowest BCUT2D eigenvalue weighted by molar-refractivity contribution is 0.415. The third kappa shape index (κ3) is 4.15. The molecule has 2 heterocycles. The summed E-state index contributed by atoms with van der Waals surface area (Å²) in [6, 6.07) is 19.7. The normalized spacial score (nSPS) is 11.2. The maximum Gasteiger partial charge on any atom is 0.163 e. The van der Waals surface area contributed by atoms with Crippen LogP contribution in [0.2, 0.25) is 0 Å². The minimum atomic E-state index is -0.286. The van der Waals surface area contributed by atoms with Crippen LogP contribution in [-0.4, -0.2) is 21.6 Å². The fourth-order valence-electron chi connectivity index (χ4n) is 4.07. The molecule has 6 heteroatoms. The maximum atomic E-state index is 14.9. The highest BCUT2D eigenvalue weighted by molar-refractivity contribution is 5.67. The quantitative estimate of drug-likeness (QED) is 0.289. The average molecular weight is 456 g/mol. The van der Waals surface area contributed by atoms with Gasteiger partial charge in [0, 0.05) is 24.5 Å². The van der Waals surface area contributed by atoms with E-state index in [0.717, 1.165) is 16.9 Å². The summed E-state index contributed by atoms with van der Waals surface area (Å²) >= 11 is 0. The van der Waals surface area contributed by atoms with E-state index in [1.54, 1.807) is 31.4 Å². The molecule has 0 radical (unpaired) electrons. The predicted molar refractivity (Wildman–Crippen MR) is 129 cm³/mol. The third-order valence-corrected chi connectivity index (χ3v) is 5.93. The number of pyridine rings is 1. The number of benzene rings is 3. The van der Waals surface area contributed by atoms with Gasteiger partial charge in [-0.05, 0) is 53.4 Å². The molecule has 0 unspecified atom stereocenters. The molecule has 0 amide bonds. The number of imidazole rings is 1. The van der Waals surface area contributed by atoms with Crippen LogP contribution in [0.3, 0.4) is 0 Å². The van der Waals surface area contributed by atoms with Crippen molar-refractivity contribution in [3.05, 3.63) is 102 Å². The Bertz CT molecular complexity index is 1430. The second kappa shape index (κ2) is 9.06. The molecule has 2 aliphatic rings. The lowest BCUT2D eigenvalue weighted by Gasteiger charge is -2.10. The van der Waals surface area contributed by atoms with E-state index in [4.69, 9.17) is 4.74 Å². The Balaban J connectivity index is 1.40. The van der Waals surface area contributed by atoms with Gasteiger partial charge in [0.2, 0.25) is 0 Å². The number of nitrogens with zero attached hydrogens (tertiary/aromatic N) is 3. The fraction of sp³-hybridized carbons (Fsp3) is 0.143. The van der Waals surface area contributed by atoms with E-state index >= 15 is 0 Å². The van der Waals surface area contributed by atoms with Gasteiger partial charge in [0.05, 0.1) is 18.4 Å². The lowest BCUT2D eigenvalue weighted by Crippen LogP contribution is -2.01. The number of hydrogen-bond donors (Lipinski definition) is 0. The number of halogens is 2. The van der Waals surface area contributed by atoms with Crippen LogP contribution in [-0.2, 0) is 13.0 Å². The molecule has 0 aliphatic carbocycles. The summed E-state index contributed by atoms with van der Waals surface area (Å²) in [7, 11) is 1.60. The first-order valence-corrected chi connectivity index (χ1v) is 11.1. The molecule has 0 N–H and O–H groups in total. The minimum Gasteiger partial charge on any atom is -0.497 e. The summed E-state index contributed by atoms with van der Waals surface area (Å²) in [6.45, 7) is 2.39. The van der Waals surface area contributed by atoms with Crippen LogP contribution in [0.5, 0.6) is 5.75 Å². The van der Waals surface area contributed by atoms with Crippen molar-refractivity contribution in [2.75, 3.05) is 7.11 Å². The third-order valence-electron chi connectivity index (χ3n) is 5.93. The van der Waals surface area contributed by atoms with Gasteiger partial charge in [-0.15, -0.1) is 0 Å². The van der Waals surface area contributed by atoms with E-state index in [-0.39, 0.29) is 11.6 Å². The van der Waals surface area contributed by atoms with E-state index in [1.165, 1.54) is 0 Å². The molecule has 4 nitrogen and oxygen atoms in total. The van der Waals surface area contributed by atoms with Crippen molar-refractivity contribution in [2.24, 2.45) is 0 Å². The average Bonchev–Trinajstić information content (AvgIpc) is 3.27. The van der Waals surface area contributed by atoms with Crippen LogP contribution in [0.15, 0.2) is 79.1 Å². The van der Waals surface area contributed by atoms with Crippen molar-refractivity contribution in [1.82, 2.24) is 14.5 Å². The van der Waals surface area contributed by atoms with Crippen LogP contribution < -0.4 is 4.74 Å². The van der Waals surface area contributed by atoms with E-state index in [9.17, 15) is 8.78 Å². The Labute approximate surface area is 196 Å². The summed E-state index contributed by atoms with van der Waals surface area (Å²) < 4.78 is 36.7. The maximum absolute atomic E-state index is 14.9. The van der Waals surface area contributed by atoms with Crippen LogP contribution in [0.4, 0.5) is 8.78 Å². The number of methoxy groups -OCH3 is 1. The van der Waals surface area contributed by atoms with Crippen molar-refractivity contribution >= 4 is 0 Å². The Morgan fingerprint density at radius 2 is 1.68 bits per heavy atom. The van der Waals surface area contributed by atoms with E-state index in [1.807, 2.05) is 66.3 Å². The Morgan fingerprint density at radius 1 is 0.882 bits per heavy atom. The molecule has 0 saturated carbocycles. The lowest BCUT2D eigenvalue weighted by atomic mass is 10.0. The molecule has 0 atom stereocenters. The largest absolute Gasteiger partial charge is 0.497 e. The molecule has 0 aromatic heterocycles. The first kappa shape index (κ1) is 21.8. The summed E-state index contributed by atoms with van der Waals surface area (Å²) in [5.41, 5.74) is 4.54. The van der Waals surface area contributed by atoms with Crippen molar-refractivity contribution in [2.45, 2.75) is 19.9 Å². The van der Waals surface area contributed by atoms with Crippen molar-refractivity contribution < 1.29 is 13.5 Å². The summed E-state index contributed by atoms with van der Waals surface area (Å²) in [6.07, 6.45) is 4.32. The molecule has 2 aliphatic heterocycles. The first-order chi connectivity index (χ1) is 16.6. The van der Waals surface area contributed by atoms with E-state index in [0.29, 0.717) is 46.9 Å². The summed E-state index contributed by atoms with van der Waals surface area (Å²) in [4.78, 5) is 9.06. The van der Waals surface area contributed by atoms with Gasteiger partial charge in [0.25, 0.3) is 0 Å². The zero-order chi connectivity index (χ0) is 23.7. The number of fused-ring (bicyclic) bond motifs is 1. The second-order valence-electron chi connectivity index (χ2n) is 8.11. The predicted octanol–water partition coefficient (Wildman–Crippen LogP) is 6.61. The molecule has 3 aromatic carbocycles. The van der Waals surface area contributed by atoms with Gasteiger partial charge in [-0.2, -0.15) is 0 Å². The van der Waals surface area contributed by atoms with Crippen molar-refractivity contribution in [3.8, 4) is 39.7 Å². The highest BCUT2D eigenvalue weighted by atomic mass is 19.1. The molecule has 3 aromatic rings. The molecule has 0 saturated heterocycles. The van der Waals surface area contributed by atoms with E-state index in [2.05, 4.69) is 9.97 Å². The van der Waals surface area contributed by atoms with Gasteiger partial charge < -0.3 is 9.30 Å². The molecule has 34 heavy (non-hydrogen) atoms.